The van der Waals surface area contributed by atoms with Gasteiger partial charge >= 0.3 is 5.97 Å². The van der Waals surface area contributed by atoms with Gasteiger partial charge in [-0.15, -0.1) is 0 Å². The Morgan fingerprint density at radius 3 is 2.75 bits per heavy atom. The monoisotopic (exact) mass is 396 g/mol. The molecule has 0 unspecified atom stereocenters. The third-order valence-electron chi connectivity index (χ3n) is 4.85. The molecule has 28 heavy (non-hydrogen) atoms. The number of carboxylic acid groups (broad SMARTS) is 1. The highest BCUT2D eigenvalue weighted by Gasteiger charge is 2.27. The van der Waals surface area contributed by atoms with E-state index in [0.717, 1.165) is 16.5 Å². The number of carboxylic acids is 1. The highest BCUT2D eigenvalue weighted by molar-refractivity contribution is 6.31. The number of benzene rings is 2. The molecule has 4 rings (SSSR count). The van der Waals surface area contributed by atoms with E-state index in [1.807, 2.05) is 12.1 Å². The van der Waals surface area contributed by atoms with Crippen molar-refractivity contribution in [3.8, 4) is 5.75 Å². The maximum absolute atomic E-state index is 13.1. The van der Waals surface area contributed by atoms with E-state index in [1.54, 1.807) is 30.3 Å². The van der Waals surface area contributed by atoms with Crippen LogP contribution in [0.3, 0.4) is 0 Å². The summed E-state index contributed by atoms with van der Waals surface area (Å²) in [5, 5.41) is 11.2. The van der Waals surface area contributed by atoms with Gasteiger partial charge in [0.25, 0.3) is 5.91 Å². The average Bonchev–Trinajstić information content (AvgIpc) is 2.92. The number of fused-ring (bicyclic) bond motifs is 3. The second-order valence-electron chi connectivity index (χ2n) is 6.47. The van der Waals surface area contributed by atoms with Crippen molar-refractivity contribution in [2.45, 2.75) is 6.42 Å². The molecule has 0 spiro atoms. The van der Waals surface area contributed by atoms with Crippen LogP contribution in [0.1, 0.15) is 21.6 Å². The Morgan fingerprint density at radius 1 is 1.21 bits per heavy atom. The van der Waals surface area contributed by atoms with Gasteiger partial charge in [0.15, 0.2) is 0 Å². The number of hydrogen-bond donors (Lipinski definition) is 2. The smallest absolute Gasteiger partial charge is 0.339 e. The van der Waals surface area contributed by atoms with Crippen LogP contribution in [0.15, 0.2) is 48.7 Å². The molecule has 0 bridgehead atoms. The summed E-state index contributed by atoms with van der Waals surface area (Å²) in [5.74, 6) is -0.986. The van der Waals surface area contributed by atoms with Crippen molar-refractivity contribution in [1.29, 1.82) is 0 Å². The Hall–Kier alpha value is -3.25. The molecular weight excluding hydrogens is 380 g/mol. The minimum absolute atomic E-state index is 0.0306. The van der Waals surface area contributed by atoms with Crippen molar-refractivity contribution in [2.24, 2.45) is 0 Å². The molecule has 7 heteroatoms. The zero-order valence-corrected chi connectivity index (χ0v) is 15.8. The van der Waals surface area contributed by atoms with Crippen molar-refractivity contribution < 1.29 is 19.4 Å². The number of aliphatic carboxylic acids is 1. The van der Waals surface area contributed by atoms with Gasteiger partial charge in [-0.3, -0.25) is 4.79 Å². The van der Waals surface area contributed by atoms with Crippen LogP contribution in [-0.4, -0.2) is 40.5 Å². The molecular formula is C21H17ClN2O4. The Balaban J connectivity index is 1.81. The Bertz CT molecular complexity index is 1130. The molecule has 3 aromatic rings. The van der Waals surface area contributed by atoms with Gasteiger partial charge in [-0.1, -0.05) is 23.7 Å². The maximum Gasteiger partial charge on any atom is 0.339 e. The summed E-state index contributed by atoms with van der Waals surface area (Å²) in [7, 11) is 1.49. The van der Waals surface area contributed by atoms with E-state index in [1.165, 1.54) is 18.2 Å². The first-order chi connectivity index (χ1) is 13.5. The summed E-state index contributed by atoms with van der Waals surface area (Å²) in [6, 6.07) is 12.3. The second-order valence-corrected chi connectivity index (χ2v) is 6.90. The molecule has 1 aliphatic rings. The topological polar surface area (TPSA) is 82.6 Å². The fourth-order valence-corrected chi connectivity index (χ4v) is 3.70. The molecule has 142 valence electrons. The second kappa shape index (κ2) is 7.05. The fourth-order valence-electron chi connectivity index (χ4n) is 3.53. The van der Waals surface area contributed by atoms with Crippen LogP contribution in [0.25, 0.3) is 16.5 Å². The van der Waals surface area contributed by atoms with Crippen molar-refractivity contribution >= 4 is 40.0 Å². The standard InChI is InChI=1S/C21H17ClN2O4/c1-28-18-5-3-2-4-14(18)20(25)24-9-8-13-15-10-12(22)6-7-17(15)23-19(13)16(11-24)21(26)27/h2-7,10-11,23H,8-9H2,1H3,(H,26,27). The molecule has 0 aliphatic carbocycles. The van der Waals surface area contributed by atoms with Gasteiger partial charge in [0.2, 0.25) is 0 Å². The van der Waals surface area contributed by atoms with Gasteiger partial charge in [-0.2, -0.15) is 0 Å². The highest BCUT2D eigenvalue weighted by atomic mass is 35.5. The van der Waals surface area contributed by atoms with E-state index < -0.39 is 5.97 Å². The van der Waals surface area contributed by atoms with E-state index in [0.29, 0.717) is 35.0 Å². The number of rotatable bonds is 3. The van der Waals surface area contributed by atoms with E-state index in [9.17, 15) is 14.7 Å². The minimum Gasteiger partial charge on any atom is -0.496 e. The number of para-hydroxylation sites is 1. The predicted molar refractivity (Wildman–Crippen MR) is 107 cm³/mol. The molecule has 2 aromatic carbocycles. The number of nitrogens with one attached hydrogen (secondary N) is 1. The van der Waals surface area contributed by atoms with Gasteiger partial charge in [-0.25, -0.2) is 4.79 Å². The number of halogens is 1. The number of aromatic nitrogens is 1. The van der Waals surface area contributed by atoms with E-state index in [2.05, 4.69) is 4.98 Å². The van der Waals surface area contributed by atoms with Crippen LogP contribution in [0.2, 0.25) is 5.02 Å². The van der Waals surface area contributed by atoms with Crippen LogP contribution in [0.5, 0.6) is 5.75 Å². The molecule has 0 radical (unpaired) electrons. The third-order valence-corrected chi connectivity index (χ3v) is 5.09. The van der Waals surface area contributed by atoms with E-state index >= 15 is 0 Å². The average molecular weight is 397 g/mol. The summed E-state index contributed by atoms with van der Waals surface area (Å²) < 4.78 is 5.28. The lowest BCUT2D eigenvalue weighted by atomic mass is 10.0. The van der Waals surface area contributed by atoms with Crippen LogP contribution < -0.4 is 4.74 Å². The van der Waals surface area contributed by atoms with Crippen LogP contribution >= 0.6 is 11.6 Å². The Labute approximate surface area is 166 Å². The lowest BCUT2D eigenvalue weighted by Crippen LogP contribution is -2.28. The first-order valence-electron chi connectivity index (χ1n) is 8.69. The van der Waals surface area contributed by atoms with Crippen molar-refractivity contribution in [3.05, 3.63) is 70.5 Å². The van der Waals surface area contributed by atoms with Gasteiger partial charge in [0, 0.05) is 28.7 Å². The Morgan fingerprint density at radius 2 is 2.00 bits per heavy atom. The molecule has 2 heterocycles. The lowest BCUT2D eigenvalue weighted by Gasteiger charge is -2.19. The number of carbonyl (C=O) groups is 2. The van der Waals surface area contributed by atoms with Crippen molar-refractivity contribution in [2.75, 3.05) is 13.7 Å². The van der Waals surface area contributed by atoms with Gasteiger partial charge in [0.1, 0.15) is 5.75 Å². The predicted octanol–water partition coefficient (Wildman–Crippen LogP) is 3.95. The van der Waals surface area contributed by atoms with Crippen LogP contribution in [0.4, 0.5) is 0 Å². The lowest BCUT2D eigenvalue weighted by molar-refractivity contribution is -0.130. The number of methoxy groups -OCH3 is 1. The van der Waals surface area contributed by atoms with Gasteiger partial charge in [0.05, 0.1) is 23.9 Å². The number of nitrogens with zero attached hydrogens (tertiary/aromatic N) is 1. The summed E-state index contributed by atoms with van der Waals surface area (Å²) in [4.78, 5) is 29.6. The number of carbonyl (C=O) groups excluding carboxylic acids is 1. The summed E-state index contributed by atoms with van der Waals surface area (Å²) in [6.07, 6.45) is 1.88. The number of ether oxygens (including phenoxy) is 1. The normalized spacial score (nSPS) is 13.6. The summed E-state index contributed by atoms with van der Waals surface area (Å²) >= 11 is 6.13. The first-order valence-corrected chi connectivity index (χ1v) is 9.07. The first kappa shape index (κ1) is 18.1. The van der Waals surface area contributed by atoms with Crippen LogP contribution in [0, 0.1) is 0 Å². The highest BCUT2D eigenvalue weighted by Crippen LogP contribution is 2.33. The van der Waals surface area contributed by atoms with E-state index in [-0.39, 0.29) is 11.5 Å². The zero-order chi connectivity index (χ0) is 19.8. The molecule has 0 saturated heterocycles. The molecule has 1 amide bonds. The number of H-pyrrole nitrogens is 1. The maximum atomic E-state index is 13.1. The van der Waals surface area contributed by atoms with Gasteiger partial charge in [-0.05, 0) is 42.3 Å². The third kappa shape index (κ3) is 3.01. The minimum atomic E-state index is -1.11. The fraction of sp³-hybridized carbons (Fsp3) is 0.143. The Kier molecular flexibility index (Phi) is 4.57. The molecule has 0 atom stereocenters. The quantitative estimate of drug-likeness (QED) is 0.702. The molecule has 2 N–H and O–H groups in total. The van der Waals surface area contributed by atoms with Crippen molar-refractivity contribution in [3.63, 3.8) is 0 Å². The van der Waals surface area contributed by atoms with Crippen LogP contribution in [-0.2, 0) is 11.2 Å². The number of amides is 1. The summed E-state index contributed by atoms with van der Waals surface area (Å²) in [5.41, 5.74) is 2.56. The number of aromatic amines is 1. The zero-order valence-electron chi connectivity index (χ0n) is 15.0. The largest absolute Gasteiger partial charge is 0.496 e. The molecule has 6 nitrogen and oxygen atoms in total. The SMILES string of the molecule is COc1ccccc1C(=O)N1C=C(C(=O)O)c2[nH]c3ccc(Cl)cc3c2CC1. The molecule has 1 aromatic heterocycles. The molecule has 1 aliphatic heterocycles. The molecule has 0 saturated carbocycles. The number of hydrogen-bond acceptors (Lipinski definition) is 3. The summed E-state index contributed by atoms with van der Waals surface area (Å²) in [6.45, 7) is 0.333. The molecule has 0 fully saturated rings. The van der Waals surface area contributed by atoms with Crippen molar-refractivity contribution in [1.82, 2.24) is 9.88 Å². The van der Waals surface area contributed by atoms with E-state index in [4.69, 9.17) is 16.3 Å². The van der Waals surface area contributed by atoms with Gasteiger partial charge < -0.3 is 19.7 Å².